The Hall–Kier alpha value is -2.27. The summed E-state index contributed by atoms with van der Waals surface area (Å²) in [5.41, 5.74) is 3.52. The number of carbonyl (C=O) groups excluding carboxylic acids is 1. The Morgan fingerprint density at radius 3 is 2.90 bits per heavy atom. The van der Waals surface area contributed by atoms with Crippen LogP contribution in [0.3, 0.4) is 0 Å². The summed E-state index contributed by atoms with van der Waals surface area (Å²) in [7, 11) is 1.97. The van der Waals surface area contributed by atoms with E-state index in [2.05, 4.69) is 18.3 Å². The molecule has 3 N–H and O–H groups in total. The summed E-state index contributed by atoms with van der Waals surface area (Å²) >= 11 is 0. The van der Waals surface area contributed by atoms with Gasteiger partial charge >= 0.3 is 0 Å². The van der Waals surface area contributed by atoms with Gasteiger partial charge in [-0.2, -0.15) is 0 Å². The molecule has 30 heavy (non-hydrogen) atoms. The van der Waals surface area contributed by atoms with Gasteiger partial charge < -0.3 is 20.1 Å². The SMILES string of the molecule is Cn1cccc1CNC(=O)C1C[C@H]2[C@@H]3CCc4cc(O)ccc4[C@H]3CC[C@]2(C)[C@H]1O. The summed E-state index contributed by atoms with van der Waals surface area (Å²) in [4.78, 5) is 13.0. The molecular weight excluding hydrogens is 376 g/mol. The van der Waals surface area contributed by atoms with Crippen LogP contribution in [0.1, 0.15) is 55.3 Å². The van der Waals surface area contributed by atoms with E-state index in [-0.39, 0.29) is 17.2 Å². The van der Waals surface area contributed by atoms with Crippen molar-refractivity contribution in [2.75, 3.05) is 0 Å². The Labute approximate surface area is 178 Å². The first-order valence-electron chi connectivity index (χ1n) is 11.3. The van der Waals surface area contributed by atoms with E-state index in [0.717, 1.165) is 37.8 Å². The molecule has 1 aromatic heterocycles. The van der Waals surface area contributed by atoms with Crippen LogP contribution in [0, 0.1) is 23.2 Å². The van der Waals surface area contributed by atoms with Crippen LogP contribution in [-0.2, 0) is 24.8 Å². The predicted octanol–water partition coefficient (Wildman–Crippen LogP) is 3.49. The number of benzene rings is 1. The lowest BCUT2D eigenvalue weighted by molar-refractivity contribution is -0.129. The van der Waals surface area contributed by atoms with Crippen LogP contribution < -0.4 is 5.32 Å². The first kappa shape index (κ1) is 19.7. The van der Waals surface area contributed by atoms with E-state index in [9.17, 15) is 15.0 Å². The summed E-state index contributed by atoms with van der Waals surface area (Å²) < 4.78 is 2.01. The Morgan fingerprint density at radius 1 is 1.30 bits per heavy atom. The van der Waals surface area contributed by atoms with E-state index < -0.39 is 6.10 Å². The van der Waals surface area contributed by atoms with Crippen LogP contribution >= 0.6 is 0 Å². The molecule has 3 aliphatic rings. The number of carbonyl (C=O) groups is 1. The molecule has 5 heteroatoms. The van der Waals surface area contributed by atoms with Crippen molar-refractivity contribution in [3.8, 4) is 5.75 Å². The molecule has 1 aromatic carbocycles. The topological polar surface area (TPSA) is 74.5 Å². The van der Waals surface area contributed by atoms with Crippen molar-refractivity contribution in [2.45, 2.75) is 57.6 Å². The molecule has 0 radical (unpaired) electrons. The van der Waals surface area contributed by atoms with Gasteiger partial charge in [0.15, 0.2) is 0 Å². The van der Waals surface area contributed by atoms with Crippen molar-refractivity contribution in [3.63, 3.8) is 0 Å². The Kier molecular flexibility index (Phi) is 4.69. The molecular formula is C25H32N2O3. The molecule has 1 amide bonds. The molecule has 1 heterocycles. The highest BCUT2D eigenvalue weighted by atomic mass is 16.3. The highest BCUT2D eigenvalue weighted by molar-refractivity contribution is 5.79. The van der Waals surface area contributed by atoms with Gasteiger partial charge in [-0.1, -0.05) is 13.0 Å². The van der Waals surface area contributed by atoms with Crippen molar-refractivity contribution < 1.29 is 15.0 Å². The molecule has 3 aliphatic carbocycles. The van der Waals surface area contributed by atoms with E-state index in [1.807, 2.05) is 36.0 Å². The molecule has 5 rings (SSSR count). The number of nitrogens with zero attached hydrogens (tertiary/aromatic N) is 1. The fraction of sp³-hybridized carbons (Fsp3) is 0.560. The van der Waals surface area contributed by atoms with Gasteiger partial charge in [-0.05, 0) is 90.7 Å². The first-order chi connectivity index (χ1) is 14.4. The van der Waals surface area contributed by atoms with Gasteiger partial charge in [-0.3, -0.25) is 4.79 Å². The summed E-state index contributed by atoms with van der Waals surface area (Å²) in [6.45, 7) is 2.70. The molecule has 2 saturated carbocycles. The number of aromatic hydroxyl groups is 1. The minimum atomic E-state index is -0.585. The highest BCUT2D eigenvalue weighted by Crippen LogP contribution is 2.62. The molecule has 0 bridgehead atoms. The zero-order valence-electron chi connectivity index (χ0n) is 17.8. The molecule has 2 fully saturated rings. The number of nitrogens with one attached hydrogen (secondary N) is 1. The third-order valence-corrected chi connectivity index (χ3v) is 8.54. The average Bonchev–Trinajstić information content (AvgIpc) is 3.26. The maximum Gasteiger partial charge on any atom is 0.226 e. The van der Waals surface area contributed by atoms with E-state index in [4.69, 9.17) is 0 Å². The fourth-order valence-electron chi connectivity index (χ4n) is 6.83. The van der Waals surface area contributed by atoms with Gasteiger partial charge in [0.05, 0.1) is 18.6 Å². The maximum absolute atomic E-state index is 13.0. The molecule has 0 saturated heterocycles. The lowest BCUT2D eigenvalue weighted by Crippen LogP contribution is -2.45. The molecule has 1 unspecified atom stereocenters. The van der Waals surface area contributed by atoms with E-state index in [0.29, 0.717) is 30.0 Å². The molecule has 0 aliphatic heterocycles. The smallest absolute Gasteiger partial charge is 0.226 e. The number of aromatic nitrogens is 1. The lowest BCUT2D eigenvalue weighted by atomic mass is 9.55. The van der Waals surface area contributed by atoms with Crippen molar-refractivity contribution in [1.29, 1.82) is 0 Å². The van der Waals surface area contributed by atoms with Crippen LogP contribution in [0.4, 0.5) is 0 Å². The Balaban J connectivity index is 1.35. The summed E-state index contributed by atoms with van der Waals surface area (Å²) in [6.07, 6.45) is 6.20. The zero-order chi connectivity index (χ0) is 21.0. The molecule has 5 nitrogen and oxygen atoms in total. The second-order valence-electron chi connectivity index (χ2n) is 9.96. The number of rotatable bonds is 3. The van der Waals surface area contributed by atoms with Gasteiger partial charge in [0.1, 0.15) is 5.75 Å². The quantitative estimate of drug-likeness (QED) is 0.728. The van der Waals surface area contributed by atoms with Gasteiger partial charge in [-0.25, -0.2) is 0 Å². The molecule has 0 spiro atoms. The van der Waals surface area contributed by atoms with Gasteiger partial charge in [0.25, 0.3) is 0 Å². The normalized spacial score (nSPS) is 34.7. The monoisotopic (exact) mass is 408 g/mol. The number of phenolic OH excluding ortho intramolecular Hbond substituents is 1. The summed E-state index contributed by atoms with van der Waals surface area (Å²) in [5, 5.41) is 24.2. The Bertz CT molecular complexity index is 967. The number of phenols is 1. The largest absolute Gasteiger partial charge is 0.508 e. The van der Waals surface area contributed by atoms with Crippen LogP contribution in [0.2, 0.25) is 0 Å². The lowest BCUT2D eigenvalue weighted by Gasteiger charge is -2.50. The number of hydrogen-bond donors (Lipinski definition) is 3. The second-order valence-corrected chi connectivity index (χ2v) is 9.96. The predicted molar refractivity (Wildman–Crippen MR) is 115 cm³/mol. The van der Waals surface area contributed by atoms with Crippen molar-refractivity contribution in [2.24, 2.45) is 30.2 Å². The van der Waals surface area contributed by atoms with Crippen LogP contribution in [0.15, 0.2) is 36.5 Å². The van der Waals surface area contributed by atoms with Crippen molar-refractivity contribution in [3.05, 3.63) is 53.3 Å². The zero-order valence-corrected chi connectivity index (χ0v) is 17.8. The standard InChI is InChI=1S/C25H32N2O3/c1-25-10-9-19-18-8-6-17(28)12-15(18)5-7-20(19)22(25)13-21(23(25)29)24(30)26-14-16-4-3-11-27(16)2/h3-4,6,8,11-12,19-23,28-29H,5,7,9-10,13-14H2,1-2H3,(H,26,30)/t19-,20-,21?,22+,23+,25+/m1/s1. The maximum atomic E-state index is 13.0. The van der Waals surface area contributed by atoms with E-state index in [1.165, 1.54) is 11.1 Å². The van der Waals surface area contributed by atoms with Gasteiger partial charge in [0.2, 0.25) is 5.91 Å². The number of amides is 1. The van der Waals surface area contributed by atoms with E-state index in [1.54, 1.807) is 6.07 Å². The summed E-state index contributed by atoms with van der Waals surface area (Å²) in [6, 6.07) is 9.80. The molecule has 160 valence electrons. The number of aliphatic hydroxyl groups excluding tert-OH is 1. The summed E-state index contributed by atoms with van der Waals surface area (Å²) in [5.74, 6) is 1.33. The number of aliphatic hydroxyl groups is 1. The van der Waals surface area contributed by atoms with Gasteiger partial charge in [0, 0.05) is 18.9 Å². The number of aryl methyl sites for hydroxylation is 2. The van der Waals surface area contributed by atoms with Crippen molar-refractivity contribution >= 4 is 5.91 Å². The second kappa shape index (κ2) is 7.16. The van der Waals surface area contributed by atoms with E-state index >= 15 is 0 Å². The molecule has 6 atom stereocenters. The van der Waals surface area contributed by atoms with Crippen LogP contribution in [0.5, 0.6) is 5.75 Å². The number of hydrogen-bond acceptors (Lipinski definition) is 3. The highest BCUT2D eigenvalue weighted by Gasteiger charge is 2.59. The molecule has 2 aromatic rings. The van der Waals surface area contributed by atoms with Gasteiger partial charge in [-0.15, -0.1) is 0 Å². The van der Waals surface area contributed by atoms with Crippen molar-refractivity contribution in [1.82, 2.24) is 9.88 Å². The average molecular weight is 409 g/mol. The third kappa shape index (κ3) is 2.97. The third-order valence-electron chi connectivity index (χ3n) is 8.54. The Morgan fingerprint density at radius 2 is 2.13 bits per heavy atom. The van der Waals surface area contributed by atoms with Crippen LogP contribution in [0.25, 0.3) is 0 Å². The first-order valence-corrected chi connectivity index (χ1v) is 11.3. The van der Waals surface area contributed by atoms with Crippen LogP contribution in [-0.4, -0.2) is 26.8 Å². The fourth-order valence-corrected chi connectivity index (χ4v) is 6.83. The minimum Gasteiger partial charge on any atom is -0.508 e. The minimum absolute atomic E-state index is 0.0167. The number of fused-ring (bicyclic) bond motifs is 5.